The van der Waals surface area contributed by atoms with E-state index in [9.17, 15) is 4.79 Å². The number of anilines is 1. The van der Waals surface area contributed by atoms with Gasteiger partial charge in [0.1, 0.15) is 11.3 Å². The number of ether oxygens (including phenoxy) is 1. The average Bonchev–Trinajstić information content (AvgIpc) is 3.45. The Labute approximate surface area is 248 Å². The van der Waals surface area contributed by atoms with Crippen molar-refractivity contribution in [1.29, 1.82) is 0 Å². The first-order valence-corrected chi connectivity index (χ1v) is 15.4. The van der Waals surface area contributed by atoms with Gasteiger partial charge in [-0.3, -0.25) is 9.20 Å². The summed E-state index contributed by atoms with van der Waals surface area (Å²) in [6.45, 7) is 7.84. The number of carbonyl (C=O) groups excluding carboxylic acids is 1. The van der Waals surface area contributed by atoms with E-state index in [4.69, 9.17) is 9.72 Å². The summed E-state index contributed by atoms with van der Waals surface area (Å²) >= 11 is 4.66. The molecule has 2 aliphatic heterocycles. The van der Waals surface area contributed by atoms with Crippen LogP contribution in [-0.4, -0.2) is 49.0 Å². The molecule has 4 aromatic rings. The number of nitrogens with one attached hydrogen (secondary N) is 1. The highest BCUT2D eigenvalue weighted by molar-refractivity contribution is 14.1. The van der Waals surface area contributed by atoms with Crippen LogP contribution < -0.4 is 10.1 Å². The maximum absolute atomic E-state index is 13.7. The van der Waals surface area contributed by atoms with Gasteiger partial charge in [-0.1, -0.05) is 41.3 Å². The summed E-state index contributed by atoms with van der Waals surface area (Å²) in [6, 6.07) is 12.9. The van der Waals surface area contributed by atoms with Crippen LogP contribution in [0, 0.1) is 18.8 Å². The molecule has 38 heavy (non-hydrogen) atoms. The minimum atomic E-state index is 0.0144. The number of alkyl halides is 1. The first-order valence-electron chi connectivity index (χ1n) is 13.1. The standard InChI is InChI=1S/C29H29I2N5O2/c1-15(30)20-10-24(31)34(14-20)29(37)19-11-25-33-27(16(2)35(25)26(12-19)38-3)22-9-18-5-4-6-21-28(18)36(22)23(13-32-21)17-7-8-17/h4-6,9,11-12,17,20,23-24,32H,1,7-8,10,13-14H2,2-3H3/t20-,23?,24-/m0/s1. The summed E-state index contributed by atoms with van der Waals surface area (Å²) in [5.74, 6) is 1.66. The molecular weight excluding hydrogens is 704 g/mol. The van der Waals surface area contributed by atoms with Crippen LogP contribution in [0.2, 0.25) is 0 Å². The van der Waals surface area contributed by atoms with E-state index < -0.39 is 0 Å². The molecule has 1 N–H and O–H groups in total. The Bertz CT molecular complexity index is 1640. The lowest BCUT2D eigenvalue weighted by Gasteiger charge is -2.29. The normalized spacial score (nSPS) is 22.7. The number of fused-ring (bicyclic) bond motifs is 1. The molecule has 1 saturated heterocycles. The second kappa shape index (κ2) is 9.14. The number of benzene rings is 1. The second-order valence-electron chi connectivity index (χ2n) is 10.7. The Morgan fingerprint density at radius 2 is 2.05 bits per heavy atom. The van der Waals surface area contributed by atoms with Gasteiger partial charge in [-0.05, 0) is 76.5 Å². The highest BCUT2D eigenvalue weighted by atomic mass is 127. The zero-order valence-corrected chi connectivity index (χ0v) is 25.7. The first-order chi connectivity index (χ1) is 18.4. The number of hydrogen-bond acceptors (Lipinski definition) is 4. The minimum absolute atomic E-state index is 0.0144. The molecule has 3 aliphatic rings. The summed E-state index contributed by atoms with van der Waals surface area (Å²) < 4.78 is 11.6. The molecule has 5 heterocycles. The topological polar surface area (TPSA) is 63.8 Å². The van der Waals surface area contributed by atoms with E-state index in [2.05, 4.69) is 92.8 Å². The number of nitrogens with zero attached hydrogens (tertiary/aromatic N) is 4. The van der Waals surface area contributed by atoms with Crippen LogP contribution in [0.4, 0.5) is 5.69 Å². The Morgan fingerprint density at radius 3 is 2.76 bits per heavy atom. The third-order valence-corrected chi connectivity index (χ3v) is 10.5. The highest BCUT2D eigenvalue weighted by Crippen LogP contribution is 2.47. The molecule has 0 bridgehead atoms. The van der Waals surface area contributed by atoms with Gasteiger partial charge in [0.2, 0.25) is 0 Å². The van der Waals surface area contributed by atoms with Crippen molar-refractivity contribution in [2.24, 2.45) is 11.8 Å². The molecule has 7 nitrogen and oxygen atoms in total. The molecule has 9 heteroatoms. The number of amides is 1. The van der Waals surface area contributed by atoms with Crippen molar-refractivity contribution in [2.75, 3.05) is 25.5 Å². The molecular formula is C29H29I2N5O2. The van der Waals surface area contributed by atoms with Crippen molar-refractivity contribution in [3.05, 3.63) is 57.8 Å². The molecule has 0 radical (unpaired) electrons. The highest BCUT2D eigenvalue weighted by Gasteiger charge is 2.38. The number of carbonyl (C=O) groups is 1. The number of methoxy groups -OCH3 is 1. The fourth-order valence-electron chi connectivity index (χ4n) is 6.30. The summed E-state index contributed by atoms with van der Waals surface area (Å²) in [5, 5.41) is 4.89. The lowest BCUT2D eigenvalue weighted by Crippen LogP contribution is -2.32. The number of halogens is 2. The molecule has 3 aromatic heterocycles. The monoisotopic (exact) mass is 733 g/mol. The second-order valence-corrected chi connectivity index (χ2v) is 13.5. The Morgan fingerprint density at radius 1 is 1.24 bits per heavy atom. The van der Waals surface area contributed by atoms with Gasteiger partial charge < -0.3 is 19.5 Å². The number of para-hydroxylation sites is 1. The maximum Gasteiger partial charge on any atom is 0.255 e. The molecule has 2 fully saturated rings. The first kappa shape index (κ1) is 24.7. The van der Waals surface area contributed by atoms with Crippen molar-refractivity contribution >= 4 is 73.3 Å². The Balaban J connectivity index is 1.36. The van der Waals surface area contributed by atoms with Crippen molar-refractivity contribution in [2.45, 2.75) is 36.3 Å². The zero-order chi connectivity index (χ0) is 26.3. The predicted molar refractivity (Wildman–Crippen MR) is 168 cm³/mol. The molecule has 7 rings (SSSR count). The smallest absolute Gasteiger partial charge is 0.255 e. The molecule has 1 amide bonds. The number of rotatable bonds is 5. The van der Waals surface area contributed by atoms with Crippen LogP contribution in [0.3, 0.4) is 0 Å². The van der Waals surface area contributed by atoms with Gasteiger partial charge in [-0.2, -0.15) is 0 Å². The van der Waals surface area contributed by atoms with Gasteiger partial charge in [0.25, 0.3) is 5.91 Å². The van der Waals surface area contributed by atoms with Crippen LogP contribution in [0.15, 0.2) is 46.6 Å². The van der Waals surface area contributed by atoms with Gasteiger partial charge in [-0.15, -0.1) is 0 Å². The molecule has 196 valence electrons. The molecule has 1 unspecified atom stereocenters. The van der Waals surface area contributed by atoms with E-state index in [1.807, 2.05) is 21.4 Å². The lowest BCUT2D eigenvalue weighted by atomic mass is 10.1. The number of imidazole rings is 1. The fraction of sp³-hybridized carbons (Fsp3) is 0.379. The minimum Gasteiger partial charge on any atom is -0.482 e. The maximum atomic E-state index is 13.7. The fourth-order valence-corrected chi connectivity index (χ4v) is 7.85. The number of pyridine rings is 1. The summed E-state index contributed by atoms with van der Waals surface area (Å²) in [6.07, 6.45) is 3.48. The van der Waals surface area contributed by atoms with E-state index in [0.717, 1.165) is 39.3 Å². The van der Waals surface area contributed by atoms with Crippen molar-refractivity contribution in [3.8, 4) is 17.3 Å². The third kappa shape index (κ3) is 3.78. The predicted octanol–water partition coefficient (Wildman–Crippen LogP) is 6.82. The zero-order valence-electron chi connectivity index (χ0n) is 21.4. The largest absolute Gasteiger partial charge is 0.482 e. The summed E-state index contributed by atoms with van der Waals surface area (Å²) in [5.41, 5.74) is 6.88. The van der Waals surface area contributed by atoms with Crippen LogP contribution >= 0.6 is 45.2 Å². The summed E-state index contributed by atoms with van der Waals surface area (Å²) in [7, 11) is 1.66. The van der Waals surface area contributed by atoms with Gasteiger partial charge in [-0.25, -0.2) is 4.98 Å². The molecule has 1 saturated carbocycles. The van der Waals surface area contributed by atoms with Crippen LogP contribution in [0.25, 0.3) is 27.9 Å². The number of aromatic nitrogens is 3. The molecule has 3 atom stereocenters. The van der Waals surface area contributed by atoms with E-state index >= 15 is 0 Å². The number of hydrogen-bond donors (Lipinski definition) is 1. The quantitative estimate of drug-likeness (QED) is 0.139. The van der Waals surface area contributed by atoms with Crippen molar-refractivity contribution in [3.63, 3.8) is 0 Å². The number of likely N-dealkylation sites (tertiary alicyclic amines) is 1. The Hall–Kier alpha value is -2.28. The third-order valence-electron chi connectivity index (χ3n) is 8.41. The van der Waals surface area contributed by atoms with Crippen molar-refractivity contribution < 1.29 is 9.53 Å². The van der Waals surface area contributed by atoms with Gasteiger partial charge in [0.15, 0.2) is 5.88 Å². The molecule has 0 spiro atoms. The van der Waals surface area contributed by atoms with E-state index in [0.29, 0.717) is 35.9 Å². The van der Waals surface area contributed by atoms with E-state index in [1.54, 1.807) is 7.11 Å². The van der Waals surface area contributed by atoms with Gasteiger partial charge >= 0.3 is 0 Å². The molecule has 1 aromatic carbocycles. The summed E-state index contributed by atoms with van der Waals surface area (Å²) in [4.78, 5) is 20.8. The van der Waals surface area contributed by atoms with Crippen LogP contribution in [0.1, 0.15) is 41.4 Å². The van der Waals surface area contributed by atoms with Crippen LogP contribution in [-0.2, 0) is 0 Å². The van der Waals surface area contributed by atoms with Crippen LogP contribution in [0.5, 0.6) is 5.88 Å². The van der Waals surface area contributed by atoms with Gasteiger partial charge in [0.05, 0.1) is 39.8 Å². The lowest BCUT2D eigenvalue weighted by molar-refractivity contribution is 0.0781. The average molecular weight is 733 g/mol. The van der Waals surface area contributed by atoms with Crippen molar-refractivity contribution in [1.82, 2.24) is 18.9 Å². The molecule has 1 aliphatic carbocycles. The van der Waals surface area contributed by atoms with E-state index in [1.165, 1.54) is 29.4 Å². The Kier molecular flexibility index (Phi) is 5.95. The number of aryl methyl sites for hydroxylation is 1. The van der Waals surface area contributed by atoms with Gasteiger partial charge in [0, 0.05) is 36.0 Å². The SMILES string of the molecule is C=C(I)[C@H]1C[C@@H](I)N(C(=O)c2cc(OC)n3c(C)c(-c4cc5cccc6c5n4C(C4CC4)CN6)nc3c2)C1. The van der Waals surface area contributed by atoms with E-state index in [-0.39, 0.29) is 9.96 Å².